The van der Waals surface area contributed by atoms with Gasteiger partial charge in [0.15, 0.2) is 10.2 Å². The zero-order valence-corrected chi connectivity index (χ0v) is 15.4. The van der Waals surface area contributed by atoms with Gasteiger partial charge in [0.1, 0.15) is 11.8 Å². The highest BCUT2D eigenvalue weighted by Gasteiger charge is 2.22. The van der Waals surface area contributed by atoms with E-state index in [0.29, 0.717) is 34.8 Å². The molecule has 0 spiro atoms. The monoisotopic (exact) mass is 359 g/mol. The van der Waals surface area contributed by atoms with Gasteiger partial charge in [-0.25, -0.2) is 0 Å². The highest BCUT2D eigenvalue weighted by Crippen LogP contribution is 2.01. The van der Waals surface area contributed by atoms with Crippen LogP contribution in [0.25, 0.3) is 0 Å². The molecule has 0 saturated carbocycles. The van der Waals surface area contributed by atoms with Crippen molar-refractivity contribution in [3.63, 3.8) is 0 Å². The molecule has 10 heteroatoms. The van der Waals surface area contributed by atoms with Crippen molar-refractivity contribution in [3.05, 3.63) is 0 Å². The van der Waals surface area contributed by atoms with Gasteiger partial charge in [-0.1, -0.05) is 0 Å². The average Bonchev–Trinajstić information content (AvgIpc) is 2.54. The fourth-order valence-electron chi connectivity index (χ4n) is 1.83. The zero-order chi connectivity index (χ0) is 17.1. The first-order valence-corrected chi connectivity index (χ1v) is 8.42. The number of hydrogen-bond acceptors (Lipinski definition) is 6. The third-order valence-electron chi connectivity index (χ3n) is 2.88. The third kappa shape index (κ3) is 7.64. The lowest BCUT2D eigenvalue weighted by Crippen LogP contribution is -2.47. The average molecular weight is 360 g/mol. The van der Waals surface area contributed by atoms with Crippen LogP contribution in [0.2, 0.25) is 0 Å². The van der Waals surface area contributed by atoms with Crippen LogP contribution in [0, 0.1) is 0 Å². The summed E-state index contributed by atoms with van der Waals surface area (Å²) in [4.78, 5) is 0. The molecule has 23 heavy (non-hydrogen) atoms. The second kappa shape index (κ2) is 11.2. The van der Waals surface area contributed by atoms with Crippen molar-refractivity contribution in [2.75, 3.05) is 32.8 Å². The predicted molar refractivity (Wildman–Crippen MR) is 102 cm³/mol. The van der Waals surface area contributed by atoms with Gasteiger partial charge in [-0.05, 0) is 45.2 Å². The molecule has 1 fully saturated rings. The molecule has 0 aromatic carbocycles. The molecule has 5 N–H and O–H groups in total. The van der Waals surface area contributed by atoms with Crippen LogP contribution in [0.15, 0.2) is 10.2 Å². The second-order valence-electron chi connectivity index (χ2n) is 4.70. The van der Waals surface area contributed by atoms with E-state index in [4.69, 9.17) is 29.2 Å². The first-order chi connectivity index (χ1) is 11.1. The van der Waals surface area contributed by atoms with E-state index in [0.717, 1.165) is 19.6 Å². The molecule has 1 saturated heterocycles. The summed E-state index contributed by atoms with van der Waals surface area (Å²) in [7, 11) is 0. The number of nitrogens with one attached hydrogen (secondary N) is 5. The van der Waals surface area contributed by atoms with E-state index in [1.54, 1.807) is 0 Å². The number of morpholine rings is 1. The maximum absolute atomic E-state index is 5.75. The largest absolute Gasteiger partial charge is 0.369 e. The number of hydrazone groups is 2. The Hall–Kier alpha value is -1.36. The van der Waals surface area contributed by atoms with Crippen molar-refractivity contribution in [3.8, 4) is 0 Å². The number of rotatable bonds is 6. The van der Waals surface area contributed by atoms with Gasteiger partial charge < -0.3 is 20.7 Å². The van der Waals surface area contributed by atoms with E-state index >= 15 is 0 Å². The molecule has 0 radical (unpaired) electrons. The van der Waals surface area contributed by atoms with Gasteiger partial charge in [0.25, 0.3) is 0 Å². The topological polar surface area (TPSA) is 94.1 Å². The molecule has 8 nitrogen and oxygen atoms in total. The van der Waals surface area contributed by atoms with Gasteiger partial charge in [-0.3, -0.25) is 10.9 Å². The Morgan fingerprint density at radius 1 is 1.13 bits per heavy atom. The molecule has 1 aliphatic rings. The fourth-order valence-corrected chi connectivity index (χ4v) is 2.21. The lowest BCUT2D eigenvalue weighted by Gasteiger charge is -2.25. The van der Waals surface area contributed by atoms with E-state index in [2.05, 4.69) is 37.0 Å². The van der Waals surface area contributed by atoms with Crippen molar-refractivity contribution in [1.29, 1.82) is 0 Å². The van der Waals surface area contributed by atoms with Gasteiger partial charge in [-0.2, -0.15) is 10.2 Å². The number of thiocarbonyl (C=S) groups is 2. The Kier molecular flexibility index (Phi) is 9.60. The summed E-state index contributed by atoms with van der Waals surface area (Å²) in [6.45, 7) is 9.34. The fraction of sp³-hybridized carbons (Fsp3) is 0.692. The van der Waals surface area contributed by atoms with Crippen LogP contribution in [0.5, 0.6) is 0 Å². The van der Waals surface area contributed by atoms with Crippen molar-refractivity contribution in [2.24, 2.45) is 10.2 Å². The molecule has 1 rings (SSSR count). The SMILES string of the molecule is CCNC(=S)N/N=C(C)/C(=N\NC(=S)NCC)C1CNCCO1. The van der Waals surface area contributed by atoms with Crippen LogP contribution in [0.1, 0.15) is 20.8 Å². The quantitative estimate of drug-likeness (QED) is 0.250. The third-order valence-corrected chi connectivity index (χ3v) is 3.35. The smallest absolute Gasteiger partial charge is 0.186 e. The van der Waals surface area contributed by atoms with Crippen molar-refractivity contribution in [1.82, 2.24) is 26.8 Å². The van der Waals surface area contributed by atoms with E-state index in [1.807, 2.05) is 20.8 Å². The Labute approximate surface area is 147 Å². The van der Waals surface area contributed by atoms with Gasteiger partial charge in [0, 0.05) is 26.2 Å². The Balaban J connectivity index is 2.80. The zero-order valence-electron chi connectivity index (χ0n) is 13.7. The van der Waals surface area contributed by atoms with E-state index in [9.17, 15) is 0 Å². The number of nitrogens with zero attached hydrogens (tertiary/aromatic N) is 2. The first kappa shape index (κ1) is 19.7. The van der Waals surface area contributed by atoms with E-state index < -0.39 is 0 Å². The number of ether oxygens (including phenoxy) is 1. The molecular weight excluding hydrogens is 334 g/mol. The van der Waals surface area contributed by atoms with E-state index in [1.165, 1.54) is 0 Å². The normalized spacial score (nSPS) is 19.0. The molecule has 0 aromatic rings. The summed E-state index contributed by atoms with van der Waals surface area (Å²) in [5, 5.41) is 18.8. The molecule has 0 amide bonds. The molecule has 130 valence electrons. The Morgan fingerprint density at radius 3 is 2.26 bits per heavy atom. The molecule has 1 aliphatic heterocycles. The van der Waals surface area contributed by atoms with Crippen molar-refractivity contribution in [2.45, 2.75) is 26.9 Å². The summed E-state index contributed by atoms with van der Waals surface area (Å²) < 4.78 is 5.75. The Bertz CT molecular complexity index is 461. The van der Waals surface area contributed by atoms with Gasteiger partial charge in [0.05, 0.1) is 12.3 Å². The standard InChI is InChI=1S/C13H25N7OS2/c1-4-15-12(22)19-17-9(3)11(10-8-14-6-7-21-10)18-20-13(23)16-5-2/h10,14H,4-8H2,1-3H3,(H2,15,19,22)(H2,16,20,23)/b17-9+,18-11+. The summed E-state index contributed by atoms with van der Waals surface area (Å²) in [5.41, 5.74) is 6.95. The van der Waals surface area contributed by atoms with Gasteiger partial charge >= 0.3 is 0 Å². The van der Waals surface area contributed by atoms with Crippen LogP contribution in [-0.4, -0.2) is 60.5 Å². The maximum atomic E-state index is 5.75. The van der Waals surface area contributed by atoms with Crippen LogP contribution in [0.3, 0.4) is 0 Å². The number of hydrogen-bond donors (Lipinski definition) is 5. The molecule has 1 heterocycles. The first-order valence-electron chi connectivity index (χ1n) is 7.60. The van der Waals surface area contributed by atoms with Crippen LogP contribution in [-0.2, 0) is 4.74 Å². The summed E-state index contributed by atoms with van der Waals surface area (Å²) in [6, 6.07) is 0. The van der Waals surface area contributed by atoms with E-state index in [-0.39, 0.29) is 6.10 Å². The Morgan fingerprint density at radius 2 is 1.74 bits per heavy atom. The minimum atomic E-state index is -0.195. The van der Waals surface area contributed by atoms with Gasteiger partial charge in [0.2, 0.25) is 0 Å². The minimum Gasteiger partial charge on any atom is -0.369 e. The van der Waals surface area contributed by atoms with Crippen molar-refractivity contribution >= 4 is 46.1 Å². The maximum Gasteiger partial charge on any atom is 0.186 e. The summed E-state index contributed by atoms with van der Waals surface area (Å²) >= 11 is 10.2. The second-order valence-corrected chi connectivity index (χ2v) is 5.52. The predicted octanol–water partition coefficient (Wildman–Crippen LogP) is -0.325. The highest BCUT2D eigenvalue weighted by atomic mass is 32.1. The van der Waals surface area contributed by atoms with Crippen LogP contribution < -0.4 is 26.8 Å². The van der Waals surface area contributed by atoms with Crippen molar-refractivity contribution < 1.29 is 4.74 Å². The molecule has 0 aromatic heterocycles. The molecule has 1 atom stereocenters. The molecular formula is C13H25N7OS2. The molecule has 0 bridgehead atoms. The van der Waals surface area contributed by atoms with Gasteiger partial charge in [-0.15, -0.1) is 0 Å². The molecule has 1 unspecified atom stereocenters. The highest BCUT2D eigenvalue weighted by molar-refractivity contribution is 7.80. The minimum absolute atomic E-state index is 0.195. The van der Waals surface area contributed by atoms with Crippen LogP contribution >= 0.6 is 24.4 Å². The molecule has 0 aliphatic carbocycles. The summed E-state index contributed by atoms with van der Waals surface area (Å²) in [5.74, 6) is 0. The lowest BCUT2D eigenvalue weighted by atomic mass is 10.1. The lowest BCUT2D eigenvalue weighted by molar-refractivity contribution is 0.0720. The summed E-state index contributed by atoms with van der Waals surface area (Å²) in [6.07, 6.45) is -0.195. The van der Waals surface area contributed by atoms with Crippen LogP contribution in [0.4, 0.5) is 0 Å².